The number of benzene rings is 2. The first-order valence-corrected chi connectivity index (χ1v) is 16.3. The number of nitrogens with zero attached hydrogens (tertiary/aromatic N) is 3. The van der Waals surface area contributed by atoms with Crippen LogP contribution in [0.4, 0.5) is 4.39 Å². The highest BCUT2D eigenvalue weighted by Crippen LogP contribution is 2.34. The van der Waals surface area contributed by atoms with Crippen molar-refractivity contribution >= 4 is 11.9 Å². The summed E-state index contributed by atoms with van der Waals surface area (Å²) in [5, 5.41) is 17.4. The summed E-state index contributed by atoms with van der Waals surface area (Å²) in [5.74, 6) is -2.24. The summed E-state index contributed by atoms with van der Waals surface area (Å²) in [6.45, 7) is 18.6. The Balaban J connectivity index is 1.71. The Bertz CT molecular complexity index is 1640. The molecule has 3 unspecified atom stereocenters. The zero-order valence-electron chi connectivity index (χ0n) is 28.5. The third-order valence-corrected chi connectivity index (χ3v) is 9.20. The topological polar surface area (TPSA) is 105 Å². The summed E-state index contributed by atoms with van der Waals surface area (Å²) in [6, 6.07) is 8.92. The van der Waals surface area contributed by atoms with E-state index in [1.165, 1.54) is 4.68 Å². The molecule has 1 aromatic heterocycles. The Hall–Kier alpha value is -3.85. The second-order valence-corrected chi connectivity index (χ2v) is 14.1. The van der Waals surface area contributed by atoms with Crippen LogP contribution < -0.4 is 10.9 Å². The first-order chi connectivity index (χ1) is 21.6. The molecule has 46 heavy (non-hydrogen) atoms. The summed E-state index contributed by atoms with van der Waals surface area (Å²) in [6.07, 6.45) is 1.20. The summed E-state index contributed by atoms with van der Waals surface area (Å²) < 4.78 is 17.1. The third-order valence-electron chi connectivity index (χ3n) is 9.20. The quantitative estimate of drug-likeness (QED) is 0.224. The van der Waals surface area contributed by atoms with E-state index in [2.05, 4.69) is 29.2 Å². The van der Waals surface area contributed by atoms with Crippen LogP contribution in [-0.2, 0) is 16.0 Å². The van der Waals surface area contributed by atoms with E-state index in [9.17, 15) is 19.5 Å². The van der Waals surface area contributed by atoms with E-state index < -0.39 is 36.2 Å². The smallest absolute Gasteiger partial charge is 0.305 e. The number of hydrogen-bond donors (Lipinski definition) is 2. The zero-order valence-corrected chi connectivity index (χ0v) is 28.5. The highest BCUT2D eigenvalue weighted by Gasteiger charge is 2.34. The van der Waals surface area contributed by atoms with Crippen molar-refractivity contribution in [1.29, 1.82) is 0 Å². The molecule has 0 bridgehead atoms. The van der Waals surface area contributed by atoms with E-state index in [4.69, 9.17) is 0 Å². The molecule has 4 rings (SSSR count). The Kier molecular flexibility index (Phi) is 10.9. The number of nitrogens with one attached hydrogen (secondary N) is 1. The van der Waals surface area contributed by atoms with Gasteiger partial charge in [-0.15, -0.1) is 0 Å². The molecule has 1 aliphatic rings. The number of aliphatic carboxylic acids is 1. The Labute approximate surface area is 272 Å². The molecule has 0 radical (unpaired) electrons. The van der Waals surface area contributed by atoms with Gasteiger partial charge in [0, 0.05) is 37.2 Å². The highest BCUT2D eigenvalue weighted by molar-refractivity contribution is 5.82. The highest BCUT2D eigenvalue weighted by atomic mass is 19.1. The Morgan fingerprint density at radius 1 is 1.04 bits per heavy atom. The second-order valence-electron chi connectivity index (χ2n) is 14.1. The molecule has 1 aliphatic heterocycles. The molecule has 0 spiro atoms. The van der Waals surface area contributed by atoms with Gasteiger partial charge in [-0.2, -0.15) is 5.10 Å². The van der Waals surface area contributed by atoms with E-state index in [-0.39, 0.29) is 17.0 Å². The zero-order chi connectivity index (χ0) is 33.9. The van der Waals surface area contributed by atoms with Gasteiger partial charge in [0.2, 0.25) is 5.91 Å². The van der Waals surface area contributed by atoms with Gasteiger partial charge < -0.3 is 15.3 Å². The van der Waals surface area contributed by atoms with Gasteiger partial charge in [0.15, 0.2) is 0 Å². The summed E-state index contributed by atoms with van der Waals surface area (Å²) in [4.78, 5) is 42.1. The van der Waals surface area contributed by atoms with Gasteiger partial charge >= 0.3 is 5.97 Å². The van der Waals surface area contributed by atoms with Crippen LogP contribution in [0.5, 0.6) is 0 Å². The number of carbonyl (C=O) groups excluding carboxylic acids is 1. The van der Waals surface area contributed by atoms with Crippen LogP contribution >= 0.6 is 0 Å². The number of carboxylic acid groups (broad SMARTS) is 1. The minimum atomic E-state index is -1.18. The van der Waals surface area contributed by atoms with Crippen LogP contribution in [0.15, 0.2) is 41.2 Å². The van der Waals surface area contributed by atoms with Crippen molar-refractivity contribution in [2.24, 2.45) is 11.3 Å². The monoisotopic (exact) mass is 632 g/mol. The van der Waals surface area contributed by atoms with Crippen LogP contribution in [0.3, 0.4) is 0 Å². The third kappa shape index (κ3) is 8.10. The summed E-state index contributed by atoms with van der Waals surface area (Å²) in [7, 11) is 0. The minimum Gasteiger partial charge on any atom is -0.481 e. The number of carbonyl (C=O) groups is 2. The molecule has 8 nitrogen and oxygen atoms in total. The number of aromatic nitrogens is 2. The molecule has 2 N–H and O–H groups in total. The maximum absolute atomic E-state index is 15.8. The van der Waals surface area contributed by atoms with Crippen molar-refractivity contribution in [2.75, 3.05) is 19.6 Å². The number of hydrogen-bond acceptors (Lipinski definition) is 5. The van der Waals surface area contributed by atoms with E-state index >= 15 is 4.39 Å². The average Bonchev–Trinajstić information content (AvgIpc) is 2.96. The predicted molar refractivity (Wildman–Crippen MR) is 179 cm³/mol. The van der Waals surface area contributed by atoms with Crippen LogP contribution in [0.2, 0.25) is 0 Å². The maximum atomic E-state index is 15.8. The molecular weight excluding hydrogens is 583 g/mol. The Morgan fingerprint density at radius 3 is 2.28 bits per heavy atom. The fourth-order valence-electron chi connectivity index (χ4n) is 6.65. The second kappa shape index (κ2) is 14.3. The molecule has 0 aliphatic carbocycles. The van der Waals surface area contributed by atoms with Crippen molar-refractivity contribution in [2.45, 2.75) is 93.2 Å². The summed E-state index contributed by atoms with van der Waals surface area (Å²) >= 11 is 0. The maximum Gasteiger partial charge on any atom is 0.305 e. The number of likely N-dealkylation sites (tertiary alicyclic amines) is 1. The van der Waals surface area contributed by atoms with Gasteiger partial charge in [0.05, 0.1) is 18.2 Å². The molecule has 2 aromatic carbocycles. The molecule has 0 saturated carbocycles. The first kappa shape index (κ1) is 35.0. The van der Waals surface area contributed by atoms with Gasteiger partial charge in [0.25, 0.3) is 5.56 Å². The van der Waals surface area contributed by atoms with E-state index in [1.54, 1.807) is 32.0 Å². The lowest BCUT2D eigenvalue weighted by molar-refractivity contribution is -0.138. The molecule has 3 atom stereocenters. The first-order valence-electron chi connectivity index (χ1n) is 16.3. The fourth-order valence-corrected chi connectivity index (χ4v) is 6.65. The minimum absolute atomic E-state index is 0.0704. The van der Waals surface area contributed by atoms with Crippen molar-refractivity contribution in [3.8, 4) is 11.1 Å². The molecular formula is C37H49FN4O4. The normalized spacial score (nSPS) is 16.4. The van der Waals surface area contributed by atoms with Gasteiger partial charge in [-0.25, -0.2) is 9.07 Å². The van der Waals surface area contributed by atoms with Gasteiger partial charge in [-0.05, 0) is 91.5 Å². The van der Waals surface area contributed by atoms with Crippen molar-refractivity contribution in [3.05, 3.63) is 86.1 Å². The fraction of sp³-hybridized carbons (Fsp3) is 0.514. The van der Waals surface area contributed by atoms with Crippen molar-refractivity contribution < 1.29 is 19.1 Å². The SMILES string of the molecule is CCC(C)CC(C(=O)NC(CC(=O)O)c1cc(-c2c(C)cccc2C)cc(C)c1F)n1nc(CCN2CC(C)(C)C2)cc(C)c1=O. The average molecular weight is 633 g/mol. The lowest BCUT2D eigenvalue weighted by atomic mass is 9.84. The molecule has 248 valence electrons. The van der Waals surface area contributed by atoms with Crippen molar-refractivity contribution in [1.82, 2.24) is 20.0 Å². The van der Waals surface area contributed by atoms with Gasteiger partial charge in [0.1, 0.15) is 11.9 Å². The molecule has 3 aromatic rings. The lowest BCUT2D eigenvalue weighted by Crippen LogP contribution is -2.53. The molecule has 2 heterocycles. The number of amides is 1. The van der Waals surface area contributed by atoms with Gasteiger partial charge in [-0.1, -0.05) is 52.3 Å². The van der Waals surface area contributed by atoms with E-state index in [0.29, 0.717) is 35.1 Å². The largest absolute Gasteiger partial charge is 0.481 e. The number of carboxylic acids is 1. The van der Waals surface area contributed by atoms with Crippen molar-refractivity contribution in [3.63, 3.8) is 0 Å². The lowest BCUT2D eigenvalue weighted by Gasteiger charge is -2.46. The molecule has 1 fully saturated rings. The Morgan fingerprint density at radius 2 is 1.70 bits per heavy atom. The number of aryl methyl sites for hydroxylation is 4. The number of halogens is 1. The van der Waals surface area contributed by atoms with Crippen LogP contribution in [-0.4, -0.2) is 51.3 Å². The van der Waals surface area contributed by atoms with Crippen LogP contribution in [0, 0.1) is 44.8 Å². The standard InChI is InChI=1S/C37H49FN4O4/c1-9-22(2)15-31(42-36(46)26(6)17-28(40-42)13-14-41-20-37(7,8)21-41)35(45)39-30(19-32(43)44)29-18-27(16-25(5)34(29)38)33-23(3)11-10-12-24(33)4/h10-12,16-18,22,30-31H,9,13-15,19-21H2,1-8H3,(H,39,45)(H,43,44). The molecule has 1 saturated heterocycles. The van der Waals surface area contributed by atoms with E-state index in [0.717, 1.165) is 48.3 Å². The summed E-state index contributed by atoms with van der Waals surface area (Å²) in [5.41, 5.74) is 5.27. The van der Waals surface area contributed by atoms with Crippen LogP contribution in [0.25, 0.3) is 11.1 Å². The molecule has 1 amide bonds. The molecule has 9 heteroatoms. The predicted octanol–water partition coefficient (Wildman–Crippen LogP) is 6.48. The van der Waals surface area contributed by atoms with Crippen LogP contribution in [0.1, 0.15) is 92.6 Å². The van der Waals surface area contributed by atoms with E-state index in [1.807, 2.05) is 45.9 Å². The number of rotatable bonds is 13. The van der Waals surface area contributed by atoms with Gasteiger partial charge in [-0.3, -0.25) is 14.4 Å².